The molecule has 0 aliphatic carbocycles. The van der Waals surface area contributed by atoms with Gasteiger partial charge in [-0.2, -0.15) is 0 Å². The molecule has 0 bridgehead atoms. The van der Waals surface area contributed by atoms with E-state index in [1.165, 1.54) is 0 Å². The SMILES string of the molecule is CCCCN(CCCC)CC(=O)Nc1ccccc1NC(=S)NC(=O)OCC.Cl. The van der Waals surface area contributed by atoms with Crippen LogP contribution in [0.5, 0.6) is 0 Å². The number of hydrogen-bond acceptors (Lipinski definition) is 5. The van der Waals surface area contributed by atoms with Crippen LogP contribution in [-0.4, -0.2) is 48.3 Å². The van der Waals surface area contributed by atoms with E-state index in [-0.39, 0.29) is 30.0 Å². The van der Waals surface area contributed by atoms with E-state index in [1.807, 2.05) is 12.1 Å². The summed E-state index contributed by atoms with van der Waals surface area (Å²) in [6.07, 6.45) is 3.72. The Labute approximate surface area is 185 Å². The first-order valence-electron chi connectivity index (χ1n) is 9.86. The van der Waals surface area contributed by atoms with Crippen molar-refractivity contribution in [2.45, 2.75) is 46.5 Å². The smallest absolute Gasteiger partial charge is 0.413 e. The Balaban J connectivity index is 0.00000784. The number of anilines is 2. The van der Waals surface area contributed by atoms with Crippen LogP contribution < -0.4 is 16.0 Å². The molecule has 1 aromatic carbocycles. The zero-order chi connectivity index (χ0) is 20.8. The Morgan fingerprint density at radius 3 is 2.07 bits per heavy atom. The second kappa shape index (κ2) is 16.0. The fourth-order valence-electron chi connectivity index (χ4n) is 2.54. The zero-order valence-electron chi connectivity index (χ0n) is 17.5. The molecule has 0 aliphatic heterocycles. The Bertz CT molecular complexity index is 638. The molecule has 0 saturated carbocycles. The van der Waals surface area contributed by atoms with Gasteiger partial charge in [0, 0.05) is 0 Å². The van der Waals surface area contributed by atoms with Crippen molar-refractivity contribution in [3.05, 3.63) is 24.3 Å². The quantitative estimate of drug-likeness (QED) is 0.439. The first-order chi connectivity index (χ1) is 13.5. The molecule has 0 saturated heterocycles. The first-order valence-corrected chi connectivity index (χ1v) is 10.3. The third kappa shape index (κ3) is 11.6. The number of hydrogen-bond donors (Lipinski definition) is 3. The molecule has 0 aliphatic rings. The van der Waals surface area contributed by atoms with Crippen molar-refractivity contribution < 1.29 is 14.3 Å². The fraction of sp³-hybridized carbons (Fsp3) is 0.550. The summed E-state index contributed by atoms with van der Waals surface area (Å²) in [5, 5.41) is 8.38. The van der Waals surface area contributed by atoms with Gasteiger partial charge in [-0.15, -0.1) is 12.4 Å². The summed E-state index contributed by atoms with van der Waals surface area (Å²) in [7, 11) is 0. The summed E-state index contributed by atoms with van der Waals surface area (Å²) in [5.41, 5.74) is 1.21. The predicted molar refractivity (Wildman–Crippen MR) is 125 cm³/mol. The number of ether oxygens (including phenoxy) is 1. The number of nitrogens with zero attached hydrogens (tertiary/aromatic N) is 1. The number of halogens is 1. The molecule has 0 aromatic heterocycles. The second-order valence-electron chi connectivity index (χ2n) is 6.38. The largest absolute Gasteiger partial charge is 0.450 e. The molecule has 9 heteroatoms. The highest BCUT2D eigenvalue weighted by Gasteiger charge is 2.13. The molecule has 0 atom stereocenters. The van der Waals surface area contributed by atoms with Crippen molar-refractivity contribution in [2.75, 3.05) is 36.9 Å². The first kappa shape index (κ1) is 27.1. The molecule has 0 fully saturated rings. The van der Waals surface area contributed by atoms with E-state index in [2.05, 4.69) is 34.7 Å². The third-order valence-electron chi connectivity index (χ3n) is 3.96. The number of carbonyl (C=O) groups is 2. The Hall–Kier alpha value is -1.90. The van der Waals surface area contributed by atoms with Gasteiger partial charge >= 0.3 is 6.09 Å². The van der Waals surface area contributed by atoms with Crippen LogP contribution in [-0.2, 0) is 9.53 Å². The van der Waals surface area contributed by atoms with Crippen LogP contribution in [0.2, 0.25) is 0 Å². The summed E-state index contributed by atoms with van der Waals surface area (Å²) < 4.78 is 4.80. The van der Waals surface area contributed by atoms with Gasteiger partial charge in [-0.1, -0.05) is 38.8 Å². The standard InChI is InChI=1S/C20H32N4O3S.ClH/c1-4-7-13-24(14-8-5-2)15-18(25)21-16-11-9-10-12-17(16)22-19(28)23-20(26)27-6-3;/h9-12H,4-8,13-15H2,1-3H3,(H,21,25)(H2,22,23,26,28);1H. The van der Waals surface area contributed by atoms with Gasteiger partial charge in [0.25, 0.3) is 0 Å². The summed E-state index contributed by atoms with van der Waals surface area (Å²) in [6.45, 7) is 8.44. The van der Waals surface area contributed by atoms with Crippen molar-refractivity contribution in [3.8, 4) is 0 Å². The van der Waals surface area contributed by atoms with Crippen molar-refractivity contribution in [3.63, 3.8) is 0 Å². The lowest BCUT2D eigenvalue weighted by Gasteiger charge is -2.22. The average Bonchev–Trinajstić information content (AvgIpc) is 2.65. The van der Waals surface area contributed by atoms with E-state index < -0.39 is 6.09 Å². The number of rotatable bonds is 11. The number of carbonyl (C=O) groups excluding carboxylic acids is 2. The van der Waals surface area contributed by atoms with Gasteiger partial charge in [0.05, 0.1) is 24.5 Å². The summed E-state index contributed by atoms with van der Waals surface area (Å²) in [6, 6.07) is 7.21. The topological polar surface area (TPSA) is 82.7 Å². The second-order valence-corrected chi connectivity index (χ2v) is 6.78. The number of nitrogens with one attached hydrogen (secondary N) is 3. The lowest BCUT2D eigenvalue weighted by Crippen LogP contribution is -2.36. The van der Waals surface area contributed by atoms with Crippen LogP contribution in [0.4, 0.5) is 16.2 Å². The Kier molecular flexibility index (Phi) is 14.9. The van der Waals surface area contributed by atoms with Gasteiger partial charge in [0.15, 0.2) is 5.11 Å². The lowest BCUT2D eigenvalue weighted by molar-refractivity contribution is -0.117. The third-order valence-corrected chi connectivity index (χ3v) is 4.17. The molecule has 29 heavy (non-hydrogen) atoms. The number of amides is 2. The van der Waals surface area contributed by atoms with Crippen LogP contribution in [0.1, 0.15) is 46.5 Å². The molecule has 0 heterocycles. The van der Waals surface area contributed by atoms with Crippen molar-refractivity contribution in [1.29, 1.82) is 0 Å². The molecule has 1 aromatic rings. The molecule has 0 radical (unpaired) electrons. The molecule has 3 N–H and O–H groups in total. The summed E-state index contributed by atoms with van der Waals surface area (Å²) >= 11 is 5.12. The zero-order valence-corrected chi connectivity index (χ0v) is 19.1. The van der Waals surface area contributed by atoms with Gasteiger partial charge < -0.3 is 15.4 Å². The van der Waals surface area contributed by atoms with E-state index in [0.717, 1.165) is 38.8 Å². The number of unbranched alkanes of at least 4 members (excludes halogenated alkanes) is 2. The molecule has 1 rings (SSSR count). The van der Waals surface area contributed by atoms with Crippen molar-refractivity contribution in [1.82, 2.24) is 10.2 Å². The molecule has 7 nitrogen and oxygen atoms in total. The highest BCUT2D eigenvalue weighted by atomic mass is 35.5. The van der Waals surface area contributed by atoms with Gasteiger partial charge in [-0.25, -0.2) is 4.79 Å². The number of thiocarbonyl (C=S) groups is 1. The van der Waals surface area contributed by atoms with Crippen LogP contribution in [0.25, 0.3) is 0 Å². The fourth-order valence-corrected chi connectivity index (χ4v) is 2.73. The van der Waals surface area contributed by atoms with Crippen LogP contribution >= 0.6 is 24.6 Å². The minimum atomic E-state index is -0.621. The summed E-state index contributed by atoms with van der Waals surface area (Å²) in [4.78, 5) is 26.2. The lowest BCUT2D eigenvalue weighted by atomic mass is 10.2. The van der Waals surface area contributed by atoms with E-state index in [9.17, 15) is 9.59 Å². The van der Waals surface area contributed by atoms with Crippen LogP contribution in [0, 0.1) is 0 Å². The number of alkyl carbamates (subject to hydrolysis) is 1. The predicted octanol–water partition coefficient (Wildman–Crippen LogP) is 4.39. The molecule has 0 spiro atoms. The summed E-state index contributed by atoms with van der Waals surface area (Å²) in [5.74, 6) is -0.0780. The van der Waals surface area contributed by atoms with Crippen LogP contribution in [0.15, 0.2) is 24.3 Å². The highest BCUT2D eigenvalue weighted by molar-refractivity contribution is 7.80. The van der Waals surface area contributed by atoms with E-state index in [1.54, 1.807) is 19.1 Å². The molecular formula is C20H33ClN4O3S. The highest BCUT2D eigenvalue weighted by Crippen LogP contribution is 2.21. The normalized spacial score (nSPS) is 10.1. The van der Waals surface area contributed by atoms with Gasteiger partial charge in [0.2, 0.25) is 5.91 Å². The molecule has 164 valence electrons. The van der Waals surface area contributed by atoms with E-state index in [4.69, 9.17) is 17.0 Å². The van der Waals surface area contributed by atoms with Crippen molar-refractivity contribution in [2.24, 2.45) is 0 Å². The monoisotopic (exact) mass is 444 g/mol. The average molecular weight is 445 g/mol. The maximum absolute atomic E-state index is 12.5. The maximum atomic E-state index is 12.5. The molecular weight excluding hydrogens is 412 g/mol. The van der Waals surface area contributed by atoms with Gasteiger partial charge in [-0.3, -0.25) is 15.0 Å². The van der Waals surface area contributed by atoms with Gasteiger partial charge in [0.1, 0.15) is 0 Å². The number of benzene rings is 1. The van der Waals surface area contributed by atoms with E-state index >= 15 is 0 Å². The van der Waals surface area contributed by atoms with Crippen LogP contribution in [0.3, 0.4) is 0 Å². The van der Waals surface area contributed by atoms with Crippen molar-refractivity contribution >= 4 is 53.1 Å². The number of para-hydroxylation sites is 2. The van der Waals surface area contributed by atoms with Gasteiger partial charge in [-0.05, 0) is 57.2 Å². The maximum Gasteiger partial charge on any atom is 0.413 e. The molecule has 2 amide bonds. The van der Waals surface area contributed by atoms with E-state index in [0.29, 0.717) is 17.9 Å². The molecule has 0 unspecified atom stereocenters. The Morgan fingerprint density at radius 2 is 1.55 bits per heavy atom. The minimum absolute atomic E-state index is 0. The Morgan fingerprint density at radius 1 is 1.00 bits per heavy atom. The minimum Gasteiger partial charge on any atom is -0.450 e.